The van der Waals surface area contributed by atoms with Crippen molar-refractivity contribution >= 4 is 11.8 Å². The summed E-state index contributed by atoms with van der Waals surface area (Å²) in [6, 6.07) is 13.7. The third-order valence-electron chi connectivity index (χ3n) is 6.78. The molecule has 1 saturated heterocycles. The number of benzene rings is 1. The number of rotatable bonds is 11. The third-order valence-corrected chi connectivity index (χ3v) is 6.78. The Bertz CT molecular complexity index is 1090. The predicted molar refractivity (Wildman–Crippen MR) is 142 cm³/mol. The Kier molecular flexibility index (Phi) is 8.95. The molecule has 8 heteroatoms. The molecule has 0 aliphatic carbocycles. The summed E-state index contributed by atoms with van der Waals surface area (Å²) in [5, 5.41) is 7.68. The van der Waals surface area contributed by atoms with Crippen LogP contribution in [0.25, 0.3) is 11.5 Å². The van der Waals surface area contributed by atoms with E-state index in [9.17, 15) is 9.59 Å². The predicted octanol–water partition coefficient (Wildman–Crippen LogP) is 3.75. The molecular formula is C28H38N6O2. The maximum Gasteiger partial charge on any atom is 0.259 e. The fourth-order valence-corrected chi connectivity index (χ4v) is 4.94. The van der Waals surface area contributed by atoms with Gasteiger partial charge in [-0.25, -0.2) is 4.68 Å². The van der Waals surface area contributed by atoms with E-state index < -0.39 is 0 Å². The summed E-state index contributed by atoms with van der Waals surface area (Å²) >= 11 is 0. The van der Waals surface area contributed by atoms with Gasteiger partial charge < -0.3 is 19.7 Å². The van der Waals surface area contributed by atoms with Crippen LogP contribution in [0.4, 0.5) is 0 Å². The molecule has 0 saturated carbocycles. The van der Waals surface area contributed by atoms with Crippen LogP contribution >= 0.6 is 0 Å². The zero-order valence-electron chi connectivity index (χ0n) is 21.5. The summed E-state index contributed by atoms with van der Waals surface area (Å²) in [5.74, 6) is 0.741. The van der Waals surface area contributed by atoms with Crippen LogP contribution in [-0.4, -0.2) is 75.2 Å². The summed E-state index contributed by atoms with van der Waals surface area (Å²) in [4.78, 5) is 30.6. The van der Waals surface area contributed by atoms with Gasteiger partial charge in [-0.2, -0.15) is 5.10 Å². The maximum absolute atomic E-state index is 13.6. The first-order valence-electron chi connectivity index (χ1n) is 13.2. The van der Waals surface area contributed by atoms with E-state index in [1.807, 2.05) is 64.3 Å². The van der Waals surface area contributed by atoms with Crippen molar-refractivity contribution in [2.75, 3.05) is 39.3 Å². The molecule has 0 unspecified atom stereocenters. The van der Waals surface area contributed by atoms with E-state index in [1.165, 1.54) is 0 Å². The Balaban J connectivity index is 1.37. The number of likely N-dealkylation sites (tertiary alicyclic amines) is 1. The van der Waals surface area contributed by atoms with Crippen LogP contribution in [0, 0.1) is 5.92 Å². The Morgan fingerprint density at radius 3 is 2.28 bits per heavy atom. The van der Waals surface area contributed by atoms with Crippen LogP contribution in [0.1, 0.15) is 49.9 Å². The quantitative estimate of drug-likeness (QED) is 0.444. The molecule has 0 atom stereocenters. The maximum atomic E-state index is 13.6. The molecule has 36 heavy (non-hydrogen) atoms. The monoisotopic (exact) mass is 490 g/mol. The van der Waals surface area contributed by atoms with E-state index >= 15 is 0 Å². The number of nitrogens with zero attached hydrogens (tertiary/aromatic N) is 5. The molecule has 2 aromatic heterocycles. The molecular weight excluding hydrogens is 452 g/mol. The number of hydrogen-bond donors (Lipinski definition) is 1. The molecule has 1 aliphatic rings. The molecule has 1 aromatic carbocycles. The number of carbonyl (C=O) groups is 2. The second kappa shape index (κ2) is 12.5. The van der Waals surface area contributed by atoms with E-state index in [0.29, 0.717) is 38.0 Å². The molecule has 8 nitrogen and oxygen atoms in total. The van der Waals surface area contributed by atoms with Gasteiger partial charge in [0, 0.05) is 44.5 Å². The van der Waals surface area contributed by atoms with Crippen molar-refractivity contribution in [1.82, 2.24) is 29.5 Å². The van der Waals surface area contributed by atoms with Gasteiger partial charge in [0.25, 0.3) is 5.91 Å². The first-order chi connectivity index (χ1) is 17.6. The Morgan fingerprint density at radius 2 is 1.64 bits per heavy atom. The van der Waals surface area contributed by atoms with E-state index in [1.54, 1.807) is 10.9 Å². The minimum Gasteiger partial charge on any atom is -0.355 e. The summed E-state index contributed by atoms with van der Waals surface area (Å²) in [6.07, 6.45) is 9.10. The molecule has 0 spiro atoms. The highest BCUT2D eigenvalue weighted by Gasteiger charge is 2.30. The molecule has 4 rings (SSSR count). The minimum absolute atomic E-state index is 0.0455. The molecule has 1 N–H and O–H groups in total. The van der Waals surface area contributed by atoms with Crippen LogP contribution in [0.2, 0.25) is 0 Å². The smallest absolute Gasteiger partial charge is 0.259 e. The topological polar surface area (TPSA) is 75.4 Å². The molecule has 3 aromatic rings. The first-order valence-corrected chi connectivity index (χ1v) is 13.2. The summed E-state index contributed by atoms with van der Waals surface area (Å²) < 4.78 is 3.72. The standard InChI is InChI=1S/C28H38N6O2/c1-3-15-31(16-4-2)21-14-29-26(35)23-12-19-33(20-13-23)28(36)25-22-30-34(24-10-6-5-7-11-24)27(25)32-17-8-9-18-32/h5-11,17-18,22-23H,3-4,12-16,19-21H2,1-2H3,(H,29,35). The van der Waals surface area contributed by atoms with Crippen LogP contribution in [-0.2, 0) is 4.79 Å². The number of amides is 2. The Hall–Kier alpha value is -3.39. The SMILES string of the molecule is CCCN(CCC)CCNC(=O)C1CCN(C(=O)c2cnn(-c3ccccc3)c2-n2cccc2)CC1. The van der Waals surface area contributed by atoms with Crippen LogP contribution in [0.3, 0.4) is 0 Å². The average Bonchev–Trinajstić information content (AvgIpc) is 3.59. The highest BCUT2D eigenvalue weighted by Crippen LogP contribution is 2.24. The lowest BCUT2D eigenvalue weighted by Crippen LogP contribution is -2.44. The average molecular weight is 491 g/mol. The van der Waals surface area contributed by atoms with Crippen molar-refractivity contribution in [3.05, 3.63) is 66.6 Å². The second-order valence-corrected chi connectivity index (χ2v) is 9.42. The molecule has 2 amide bonds. The van der Waals surface area contributed by atoms with E-state index in [0.717, 1.165) is 44.0 Å². The van der Waals surface area contributed by atoms with Crippen molar-refractivity contribution in [1.29, 1.82) is 0 Å². The minimum atomic E-state index is -0.0467. The van der Waals surface area contributed by atoms with Crippen molar-refractivity contribution in [3.8, 4) is 11.5 Å². The number of nitrogens with one attached hydrogen (secondary N) is 1. The highest BCUT2D eigenvalue weighted by molar-refractivity contribution is 5.97. The fraction of sp³-hybridized carbons (Fsp3) is 0.464. The first kappa shape index (κ1) is 25.7. The van der Waals surface area contributed by atoms with Gasteiger partial charge in [0.05, 0.1) is 11.9 Å². The Labute approximate surface area is 213 Å². The van der Waals surface area contributed by atoms with Crippen LogP contribution < -0.4 is 5.32 Å². The lowest BCUT2D eigenvalue weighted by Gasteiger charge is -2.31. The zero-order chi connectivity index (χ0) is 25.3. The number of aromatic nitrogens is 3. The number of para-hydroxylation sites is 1. The van der Waals surface area contributed by atoms with Crippen molar-refractivity contribution < 1.29 is 9.59 Å². The summed E-state index contributed by atoms with van der Waals surface area (Å²) in [7, 11) is 0. The van der Waals surface area contributed by atoms with E-state index in [2.05, 4.69) is 29.2 Å². The molecule has 192 valence electrons. The van der Waals surface area contributed by atoms with Gasteiger partial charge >= 0.3 is 0 Å². The lowest BCUT2D eigenvalue weighted by atomic mass is 9.95. The van der Waals surface area contributed by atoms with Gasteiger partial charge in [-0.3, -0.25) is 9.59 Å². The summed E-state index contributed by atoms with van der Waals surface area (Å²) in [5.41, 5.74) is 1.46. The second-order valence-electron chi connectivity index (χ2n) is 9.42. The van der Waals surface area contributed by atoms with Gasteiger partial charge in [0.2, 0.25) is 5.91 Å². The van der Waals surface area contributed by atoms with Gasteiger partial charge in [-0.05, 0) is 63.0 Å². The van der Waals surface area contributed by atoms with Crippen molar-refractivity contribution in [2.24, 2.45) is 5.92 Å². The largest absolute Gasteiger partial charge is 0.355 e. The van der Waals surface area contributed by atoms with E-state index in [-0.39, 0.29) is 17.7 Å². The van der Waals surface area contributed by atoms with Gasteiger partial charge in [-0.15, -0.1) is 0 Å². The highest BCUT2D eigenvalue weighted by atomic mass is 16.2. The molecule has 0 radical (unpaired) electrons. The molecule has 1 aliphatic heterocycles. The lowest BCUT2D eigenvalue weighted by molar-refractivity contribution is -0.126. The van der Waals surface area contributed by atoms with E-state index in [4.69, 9.17) is 0 Å². The van der Waals surface area contributed by atoms with Crippen molar-refractivity contribution in [2.45, 2.75) is 39.5 Å². The summed E-state index contributed by atoms with van der Waals surface area (Å²) in [6.45, 7) is 9.20. The number of piperidine rings is 1. The number of carbonyl (C=O) groups excluding carboxylic acids is 2. The van der Waals surface area contributed by atoms with Gasteiger partial charge in [-0.1, -0.05) is 32.0 Å². The molecule has 0 bridgehead atoms. The third kappa shape index (κ3) is 6.05. The Morgan fingerprint density at radius 1 is 0.972 bits per heavy atom. The molecule has 1 fully saturated rings. The number of hydrogen-bond acceptors (Lipinski definition) is 4. The van der Waals surface area contributed by atoms with Crippen LogP contribution in [0.15, 0.2) is 61.1 Å². The van der Waals surface area contributed by atoms with Gasteiger partial charge in [0.1, 0.15) is 5.56 Å². The van der Waals surface area contributed by atoms with Gasteiger partial charge in [0.15, 0.2) is 5.82 Å². The van der Waals surface area contributed by atoms with Crippen LogP contribution in [0.5, 0.6) is 0 Å². The zero-order valence-corrected chi connectivity index (χ0v) is 21.5. The molecule has 3 heterocycles. The fourth-order valence-electron chi connectivity index (χ4n) is 4.94. The van der Waals surface area contributed by atoms with Crippen molar-refractivity contribution in [3.63, 3.8) is 0 Å². The normalized spacial score (nSPS) is 14.4.